The fourth-order valence-corrected chi connectivity index (χ4v) is 10.2. The van der Waals surface area contributed by atoms with Crippen LogP contribution >= 0.6 is 0 Å². The Morgan fingerprint density at radius 2 is 1.30 bits per heavy atom. The summed E-state index contributed by atoms with van der Waals surface area (Å²) in [6.07, 6.45) is 12.8. The molecule has 11 rings (SSSR count). The quantitative estimate of drug-likeness (QED) is 0.165. The Hall–Kier alpha value is -6.38. The van der Waals surface area contributed by atoms with Gasteiger partial charge in [-0.3, -0.25) is 0 Å². The number of nitrogens with zero attached hydrogens (tertiary/aromatic N) is 2. The van der Waals surface area contributed by atoms with Crippen molar-refractivity contribution in [1.82, 2.24) is 4.57 Å². The fraction of sp³-hybridized carbons (Fsp3) is 0.164. The molecule has 57 heavy (non-hydrogen) atoms. The zero-order valence-electron chi connectivity index (χ0n) is 32.8. The number of hydrogen-bond donors (Lipinski definition) is 0. The summed E-state index contributed by atoms with van der Waals surface area (Å²) in [4.78, 5) is 2.51. The van der Waals surface area contributed by atoms with Crippen molar-refractivity contribution in [2.45, 2.75) is 57.3 Å². The van der Waals surface area contributed by atoms with E-state index in [1.165, 1.54) is 115 Å². The average molecular weight is 735 g/mol. The van der Waals surface area contributed by atoms with Gasteiger partial charge in [0.2, 0.25) is 0 Å². The molecule has 0 amide bonds. The van der Waals surface area contributed by atoms with E-state index in [1.54, 1.807) is 0 Å². The number of anilines is 2. The molecule has 0 bridgehead atoms. The van der Waals surface area contributed by atoms with Gasteiger partial charge in [-0.2, -0.15) is 0 Å². The van der Waals surface area contributed by atoms with E-state index in [1.807, 2.05) is 0 Å². The normalized spacial score (nSPS) is 16.6. The largest absolute Gasteiger partial charge is 0.314 e. The van der Waals surface area contributed by atoms with Crippen molar-refractivity contribution in [3.8, 4) is 27.9 Å². The van der Waals surface area contributed by atoms with Gasteiger partial charge in [0.1, 0.15) is 0 Å². The highest BCUT2D eigenvalue weighted by atomic mass is 15.2. The molecule has 3 aliphatic rings. The van der Waals surface area contributed by atoms with E-state index < -0.39 is 0 Å². The third kappa shape index (κ3) is 5.53. The van der Waals surface area contributed by atoms with Crippen molar-refractivity contribution in [3.05, 3.63) is 209 Å². The van der Waals surface area contributed by atoms with Gasteiger partial charge in [0.25, 0.3) is 0 Å². The van der Waals surface area contributed by atoms with E-state index in [0.717, 1.165) is 12.1 Å². The molecule has 0 fully saturated rings. The first-order valence-corrected chi connectivity index (χ1v) is 20.7. The maximum Gasteiger partial charge on any atom is 0.0544 e. The molecule has 1 unspecified atom stereocenters. The van der Waals surface area contributed by atoms with Crippen molar-refractivity contribution in [2.24, 2.45) is 0 Å². The molecule has 3 aliphatic carbocycles. The van der Waals surface area contributed by atoms with Crippen LogP contribution in [0.3, 0.4) is 0 Å². The van der Waals surface area contributed by atoms with Crippen LogP contribution < -0.4 is 4.90 Å². The zero-order chi connectivity index (χ0) is 38.1. The van der Waals surface area contributed by atoms with Crippen molar-refractivity contribution in [2.75, 3.05) is 4.90 Å². The standard InChI is InChI=1S/C55H46N2/c1-55(2)50-24-11-8-22-46(50)47-32-31-44(36-51(47)55)56(52-25-12-9-21-45(52)38-15-4-3-5-16-38)42-29-27-37(28-30-42)39-19-14-20-43(33-39)57-53-26-13-10-23-48(53)49-34-40-17-6-7-18-41(40)35-54(49)57/h3-5,8-16,19-20,22-36,45H,6-7,17-18,21H2,1-2H3. The molecule has 2 heteroatoms. The Kier molecular flexibility index (Phi) is 7.96. The minimum Gasteiger partial charge on any atom is -0.314 e. The lowest BCUT2D eigenvalue weighted by molar-refractivity contribution is 0.660. The summed E-state index contributed by atoms with van der Waals surface area (Å²) in [6.45, 7) is 4.74. The van der Waals surface area contributed by atoms with Crippen LogP contribution in [0, 0.1) is 0 Å². The van der Waals surface area contributed by atoms with E-state index >= 15 is 0 Å². The molecule has 0 spiro atoms. The van der Waals surface area contributed by atoms with Gasteiger partial charge in [0, 0.05) is 44.9 Å². The molecule has 0 radical (unpaired) electrons. The van der Waals surface area contributed by atoms with Crippen LogP contribution in [0.1, 0.15) is 66.8 Å². The second kappa shape index (κ2) is 13.4. The lowest BCUT2D eigenvalue weighted by Crippen LogP contribution is -2.23. The van der Waals surface area contributed by atoms with E-state index in [4.69, 9.17) is 0 Å². The third-order valence-electron chi connectivity index (χ3n) is 13.1. The summed E-state index contributed by atoms with van der Waals surface area (Å²) in [5, 5.41) is 2.69. The molecule has 0 saturated heterocycles. The van der Waals surface area contributed by atoms with Gasteiger partial charge in [0.05, 0.1) is 11.0 Å². The molecule has 0 N–H and O–H groups in total. The van der Waals surface area contributed by atoms with Crippen LogP contribution in [-0.4, -0.2) is 4.57 Å². The maximum atomic E-state index is 2.51. The topological polar surface area (TPSA) is 8.17 Å². The Bertz CT molecular complexity index is 2900. The Balaban J connectivity index is 1.01. The first kappa shape index (κ1) is 33.9. The van der Waals surface area contributed by atoms with Crippen LogP contribution in [0.15, 0.2) is 182 Å². The van der Waals surface area contributed by atoms with Crippen molar-refractivity contribution in [1.29, 1.82) is 0 Å². The van der Waals surface area contributed by atoms with Crippen LogP contribution in [0.4, 0.5) is 11.4 Å². The fourth-order valence-electron chi connectivity index (χ4n) is 10.2. The van der Waals surface area contributed by atoms with Gasteiger partial charge in [-0.05, 0) is 143 Å². The summed E-state index contributed by atoms with van der Waals surface area (Å²) in [5.74, 6) is 0.239. The van der Waals surface area contributed by atoms with Gasteiger partial charge >= 0.3 is 0 Å². The van der Waals surface area contributed by atoms with Gasteiger partial charge < -0.3 is 9.47 Å². The molecule has 1 aromatic heterocycles. The average Bonchev–Trinajstić information content (AvgIpc) is 3.71. The summed E-state index contributed by atoms with van der Waals surface area (Å²) >= 11 is 0. The van der Waals surface area contributed by atoms with E-state index in [9.17, 15) is 0 Å². The Morgan fingerprint density at radius 3 is 2.16 bits per heavy atom. The lowest BCUT2D eigenvalue weighted by Gasteiger charge is -2.35. The summed E-state index contributed by atoms with van der Waals surface area (Å²) < 4.78 is 2.49. The van der Waals surface area contributed by atoms with Crippen molar-refractivity contribution < 1.29 is 0 Å². The Labute approximate surface area is 336 Å². The monoisotopic (exact) mass is 734 g/mol. The second-order valence-corrected chi connectivity index (χ2v) is 16.7. The van der Waals surface area contributed by atoms with E-state index in [-0.39, 0.29) is 11.3 Å². The highest BCUT2D eigenvalue weighted by Gasteiger charge is 2.36. The number of aromatic nitrogens is 1. The molecular weight excluding hydrogens is 689 g/mol. The van der Waals surface area contributed by atoms with Gasteiger partial charge in [0.15, 0.2) is 0 Å². The number of hydrogen-bond acceptors (Lipinski definition) is 1. The minimum atomic E-state index is -0.0854. The van der Waals surface area contributed by atoms with E-state index in [0.29, 0.717) is 0 Å². The lowest BCUT2D eigenvalue weighted by atomic mass is 9.82. The number of rotatable bonds is 6. The third-order valence-corrected chi connectivity index (χ3v) is 13.1. The molecule has 1 atom stereocenters. The summed E-state index contributed by atoms with van der Waals surface area (Å²) in [7, 11) is 0. The summed E-state index contributed by atoms with van der Waals surface area (Å²) in [5.41, 5.74) is 19.6. The van der Waals surface area contributed by atoms with Crippen molar-refractivity contribution >= 4 is 33.2 Å². The number of benzene rings is 7. The van der Waals surface area contributed by atoms with Gasteiger partial charge in [-0.1, -0.05) is 129 Å². The number of aryl methyl sites for hydroxylation is 2. The number of allylic oxidation sites excluding steroid dienone is 4. The maximum absolute atomic E-state index is 2.51. The van der Waals surface area contributed by atoms with E-state index in [2.05, 4.69) is 199 Å². The molecule has 7 aromatic carbocycles. The van der Waals surface area contributed by atoms with Crippen LogP contribution in [0.2, 0.25) is 0 Å². The first-order valence-electron chi connectivity index (χ1n) is 20.7. The molecule has 2 nitrogen and oxygen atoms in total. The molecule has 0 saturated carbocycles. The minimum absolute atomic E-state index is 0.0854. The second-order valence-electron chi connectivity index (χ2n) is 16.7. The highest BCUT2D eigenvalue weighted by molar-refractivity contribution is 6.09. The number of para-hydroxylation sites is 1. The highest BCUT2D eigenvalue weighted by Crippen LogP contribution is 2.51. The zero-order valence-corrected chi connectivity index (χ0v) is 32.8. The Morgan fingerprint density at radius 1 is 0.561 bits per heavy atom. The predicted octanol–water partition coefficient (Wildman–Crippen LogP) is 14.4. The summed E-state index contributed by atoms with van der Waals surface area (Å²) in [6, 6.07) is 59.3. The van der Waals surface area contributed by atoms with Crippen LogP contribution in [0.5, 0.6) is 0 Å². The molecular formula is C55H46N2. The predicted molar refractivity (Wildman–Crippen MR) is 240 cm³/mol. The van der Waals surface area contributed by atoms with Gasteiger partial charge in [-0.15, -0.1) is 0 Å². The molecule has 1 heterocycles. The van der Waals surface area contributed by atoms with Crippen molar-refractivity contribution in [3.63, 3.8) is 0 Å². The van der Waals surface area contributed by atoms with Crippen LogP contribution in [-0.2, 0) is 18.3 Å². The SMILES string of the molecule is CC1(C)c2ccccc2-c2ccc(N(C3=CC=CCC3c3ccccc3)c3ccc(-c4cccc(-n5c6ccccc6c6cc7c(cc65)CCCC7)c4)cc3)cc21. The molecule has 8 aromatic rings. The molecule has 276 valence electrons. The van der Waals surface area contributed by atoms with Crippen LogP contribution in [0.25, 0.3) is 49.7 Å². The number of fused-ring (bicyclic) bond motifs is 7. The smallest absolute Gasteiger partial charge is 0.0544 e. The molecule has 0 aliphatic heterocycles. The van der Waals surface area contributed by atoms with Gasteiger partial charge in [-0.25, -0.2) is 0 Å². The first-order chi connectivity index (χ1) is 28.0.